The van der Waals surface area contributed by atoms with Gasteiger partial charge in [0.25, 0.3) is 0 Å². The van der Waals surface area contributed by atoms with Crippen LogP contribution < -0.4 is 4.74 Å². The lowest BCUT2D eigenvalue weighted by atomic mass is 9.81. The molecule has 2 atom stereocenters. The van der Waals surface area contributed by atoms with E-state index in [1.807, 2.05) is 0 Å². The molecule has 152 valence electrons. The van der Waals surface area contributed by atoms with E-state index < -0.39 is 0 Å². The van der Waals surface area contributed by atoms with Crippen molar-refractivity contribution in [2.24, 2.45) is 11.8 Å². The summed E-state index contributed by atoms with van der Waals surface area (Å²) in [6.45, 7) is 9.28. The van der Waals surface area contributed by atoms with Crippen LogP contribution in [0.15, 0.2) is 24.3 Å². The maximum Gasteiger partial charge on any atom is 0.119 e. The van der Waals surface area contributed by atoms with Gasteiger partial charge in [0, 0.05) is 25.7 Å². The molecule has 0 radical (unpaired) electrons. The van der Waals surface area contributed by atoms with E-state index in [2.05, 4.69) is 62.0 Å². The minimum absolute atomic E-state index is 0.735. The van der Waals surface area contributed by atoms with E-state index in [0.29, 0.717) is 0 Å². The highest BCUT2D eigenvalue weighted by atomic mass is 16.5. The molecule has 27 heavy (non-hydrogen) atoms. The molecule has 2 fully saturated rings. The summed E-state index contributed by atoms with van der Waals surface area (Å²) in [7, 11) is 4.42. The topological polar surface area (TPSA) is 15.7 Å². The first-order valence-electron chi connectivity index (χ1n) is 11.1. The lowest BCUT2D eigenvalue weighted by molar-refractivity contribution is 0.132. The van der Waals surface area contributed by atoms with E-state index in [1.54, 1.807) is 0 Å². The van der Waals surface area contributed by atoms with Crippen LogP contribution in [0.3, 0.4) is 0 Å². The van der Waals surface area contributed by atoms with E-state index in [4.69, 9.17) is 4.74 Å². The fourth-order valence-corrected chi connectivity index (χ4v) is 5.21. The molecule has 1 saturated carbocycles. The van der Waals surface area contributed by atoms with Crippen molar-refractivity contribution in [1.29, 1.82) is 0 Å². The minimum atomic E-state index is 0.735. The molecule has 1 unspecified atom stereocenters. The van der Waals surface area contributed by atoms with Crippen LogP contribution in [-0.4, -0.2) is 56.2 Å². The van der Waals surface area contributed by atoms with E-state index in [9.17, 15) is 0 Å². The maximum atomic E-state index is 6.01. The zero-order chi connectivity index (χ0) is 19.2. The van der Waals surface area contributed by atoms with Gasteiger partial charge >= 0.3 is 0 Å². The van der Waals surface area contributed by atoms with Crippen molar-refractivity contribution in [2.75, 3.05) is 40.3 Å². The minimum Gasteiger partial charge on any atom is -0.494 e. The molecule has 1 aliphatic heterocycles. The van der Waals surface area contributed by atoms with Gasteiger partial charge < -0.3 is 14.5 Å². The Morgan fingerprint density at radius 3 is 2.19 bits per heavy atom. The second kappa shape index (κ2) is 9.93. The van der Waals surface area contributed by atoms with Gasteiger partial charge in [-0.3, -0.25) is 0 Å². The summed E-state index contributed by atoms with van der Waals surface area (Å²) in [5, 5.41) is 0. The third kappa shape index (κ3) is 6.22. The maximum absolute atomic E-state index is 6.01. The highest BCUT2D eigenvalue weighted by Crippen LogP contribution is 2.34. The Kier molecular flexibility index (Phi) is 7.60. The average molecular weight is 373 g/mol. The number of piperidine rings is 1. The monoisotopic (exact) mass is 372 g/mol. The molecule has 1 aliphatic carbocycles. The summed E-state index contributed by atoms with van der Waals surface area (Å²) in [5.41, 5.74) is 1.50. The molecule has 2 aliphatic rings. The van der Waals surface area contributed by atoms with Crippen molar-refractivity contribution in [3.8, 4) is 5.75 Å². The summed E-state index contributed by atoms with van der Waals surface area (Å²) >= 11 is 0. The third-order valence-corrected chi connectivity index (χ3v) is 6.61. The predicted molar refractivity (Wildman–Crippen MR) is 115 cm³/mol. The summed E-state index contributed by atoms with van der Waals surface area (Å²) in [4.78, 5) is 5.01. The van der Waals surface area contributed by atoms with Gasteiger partial charge in [0.15, 0.2) is 0 Å². The second-order valence-corrected chi connectivity index (χ2v) is 9.45. The number of hydrogen-bond acceptors (Lipinski definition) is 3. The molecule has 0 aromatic heterocycles. The van der Waals surface area contributed by atoms with E-state index in [1.165, 1.54) is 57.3 Å². The average Bonchev–Trinajstić information content (AvgIpc) is 2.65. The van der Waals surface area contributed by atoms with Crippen molar-refractivity contribution in [3.05, 3.63) is 29.8 Å². The van der Waals surface area contributed by atoms with Gasteiger partial charge in [-0.25, -0.2) is 0 Å². The fraction of sp³-hybridized carbons (Fsp3) is 0.750. The SMILES string of the molecule is CC1C[C@H](C)CN(CCCOc2ccc([C@H]3CC[C@H](N(C)C)CC3)cc2)C1. The first kappa shape index (κ1) is 20.7. The number of rotatable bonds is 7. The van der Waals surface area contributed by atoms with E-state index in [0.717, 1.165) is 42.6 Å². The quantitative estimate of drug-likeness (QED) is 0.625. The first-order chi connectivity index (χ1) is 13.0. The Labute approximate surface area is 167 Å². The molecular weight excluding hydrogens is 332 g/mol. The predicted octanol–water partition coefficient (Wildman–Crippen LogP) is 5.02. The summed E-state index contributed by atoms with van der Waals surface area (Å²) in [5.74, 6) is 3.45. The van der Waals surface area contributed by atoms with Crippen LogP contribution in [0, 0.1) is 11.8 Å². The van der Waals surface area contributed by atoms with Crippen LogP contribution in [0.2, 0.25) is 0 Å². The standard InChI is InChI=1S/C24H40N2O/c1-19-16-20(2)18-26(17-19)14-5-15-27-24-12-8-22(9-13-24)21-6-10-23(11-7-21)25(3)4/h8-9,12-13,19-21,23H,5-7,10-11,14-18H2,1-4H3/t19-,20?,21-,23-/m0/s1. The van der Waals surface area contributed by atoms with Gasteiger partial charge in [-0.1, -0.05) is 26.0 Å². The van der Waals surface area contributed by atoms with Crippen LogP contribution in [0.25, 0.3) is 0 Å². The Bertz CT molecular complexity index is 538. The summed E-state index contributed by atoms with van der Waals surface area (Å²) in [6.07, 6.45) is 7.78. The molecule has 0 N–H and O–H groups in total. The van der Waals surface area contributed by atoms with Crippen LogP contribution in [0.1, 0.15) is 63.9 Å². The van der Waals surface area contributed by atoms with Gasteiger partial charge in [0.1, 0.15) is 5.75 Å². The number of hydrogen-bond donors (Lipinski definition) is 0. The molecule has 0 amide bonds. The Morgan fingerprint density at radius 1 is 0.963 bits per heavy atom. The van der Waals surface area contributed by atoms with E-state index >= 15 is 0 Å². The smallest absolute Gasteiger partial charge is 0.119 e. The first-order valence-corrected chi connectivity index (χ1v) is 11.1. The van der Waals surface area contributed by atoms with Crippen molar-refractivity contribution in [2.45, 2.75) is 64.3 Å². The normalized spacial score (nSPS) is 29.8. The molecule has 3 nitrogen and oxygen atoms in total. The zero-order valence-corrected chi connectivity index (χ0v) is 18.0. The number of benzene rings is 1. The molecule has 3 rings (SSSR count). The number of likely N-dealkylation sites (tertiary alicyclic amines) is 1. The van der Waals surface area contributed by atoms with Crippen LogP contribution in [0.4, 0.5) is 0 Å². The lowest BCUT2D eigenvalue weighted by Gasteiger charge is -2.34. The van der Waals surface area contributed by atoms with E-state index in [-0.39, 0.29) is 0 Å². The Balaban J connectivity index is 1.37. The summed E-state index contributed by atoms with van der Waals surface area (Å²) < 4.78 is 6.01. The zero-order valence-electron chi connectivity index (χ0n) is 18.0. The molecular formula is C24H40N2O. The van der Waals surface area contributed by atoms with Gasteiger partial charge in [-0.2, -0.15) is 0 Å². The van der Waals surface area contributed by atoms with Crippen LogP contribution in [0.5, 0.6) is 5.75 Å². The molecule has 0 spiro atoms. The molecule has 1 aromatic rings. The van der Waals surface area contributed by atoms with Crippen LogP contribution in [-0.2, 0) is 0 Å². The molecule has 1 saturated heterocycles. The third-order valence-electron chi connectivity index (χ3n) is 6.61. The van der Waals surface area contributed by atoms with Crippen LogP contribution >= 0.6 is 0 Å². The second-order valence-electron chi connectivity index (χ2n) is 9.45. The van der Waals surface area contributed by atoms with Gasteiger partial charge in [0.05, 0.1) is 6.61 Å². The lowest BCUT2D eigenvalue weighted by Crippen LogP contribution is -2.39. The number of nitrogens with zero attached hydrogens (tertiary/aromatic N) is 2. The molecule has 1 heterocycles. The highest BCUT2D eigenvalue weighted by molar-refractivity contribution is 5.29. The van der Waals surface area contributed by atoms with Gasteiger partial charge in [-0.15, -0.1) is 0 Å². The fourth-order valence-electron chi connectivity index (χ4n) is 5.21. The van der Waals surface area contributed by atoms with Crippen molar-refractivity contribution >= 4 is 0 Å². The summed E-state index contributed by atoms with van der Waals surface area (Å²) in [6, 6.07) is 9.72. The molecule has 3 heteroatoms. The number of ether oxygens (including phenoxy) is 1. The Morgan fingerprint density at radius 2 is 1.59 bits per heavy atom. The van der Waals surface area contributed by atoms with Crippen molar-refractivity contribution in [1.82, 2.24) is 9.80 Å². The molecule has 1 aromatic carbocycles. The highest BCUT2D eigenvalue weighted by Gasteiger charge is 2.23. The van der Waals surface area contributed by atoms with Crippen molar-refractivity contribution < 1.29 is 4.74 Å². The van der Waals surface area contributed by atoms with Gasteiger partial charge in [-0.05, 0) is 88.1 Å². The van der Waals surface area contributed by atoms with Crippen molar-refractivity contribution in [3.63, 3.8) is 0 Å². The molecule has 0 bridgehead atoms. The van der Waals surface area contributed by atoms with Gasteiger partial charge in [0.2, 0.25) is 0 Å². The Hall–Kier alpha value is -1.06. The largest absolute Gasteiger partial charge is 0.494 e.